The minimum atomic E-state index is 1.00. The monoisotopic (exact) mass is 258 g/mol. The highest BCUT2D eigenvalue weighted by atomic mass is 16.2. The molecule has 0 aromatic carbocycles. The fourth-order valence-electron chi connectivity index (χ4n) is 2.48. The lowest BCUT2D eigenvalue weighted by Gasteiger charge is -2.16. The summed E-state index contributed by atoms with van der Waals surface area (Å²) in [5, 5.41) is 7.00. The summed E-state index contributed by atoms with van der Waals surface area (Å²) < 4.78 is 0. The molecule has 1 nitrogen and oxygen atoms in total. The van der Waals surface area contributed by atoms with Crippen molar-refractivity contribution in [2.45, 2.75) is 97.8 Å². The van der Waals surface area contributed by atoms with Gasteiger partial charge in [0.1, 0.15) is 0 Å². The minimum absolute atomic E-state index is 1.00. The molecule has 0 aliphatic rings. The largest absolute Gasteiger partial charge is 0.400 e. The van der Waals surface area contributed by atoms with Crippen molar-refractivity contribution in [2.75, 3.05) is 7.11 Å². The molecule has 0 saturated carbocycles. The summed E-state index contributed by atoms with van der Waals surface area (Å²) in [6.07, 6.45) is 17.4. The van der Waals surface area contributed by atoms with Gasteiger partial charge in [0.15, 0.2) is 0 Å². The van der Waals surface area contributed by atoms with E-state index in [9.17, 15) is 0 Å². The predicted octanol–water partition coefficient (Wildman–Crippen LogP) is 5.95. The number of aliphatic hydroxyl groups excluding tert-OH is 1. The maximum Gasteiger partial charge on any atom is 0.0319 e. The molecule has 0 unspecified atom stereocenters. The second-order valence-corrected chi connectivity index (χ2v) is 5.35. The summed E-state index contributed by atoms with van der Waals surface area (Å²) in [6, 6.07) is 0. The first-order valence-electron chi connectivity index (χ1n) is 8.29. The predicted molar refractivity (Wildman–Crippen MR) is 84.1 cm³/mol. The van der Waals surface area contributed by atoms with Crippen molar-refractivity contribution in [1.29, 1.82) is 0 Å². The molecule has 1 N–H and O–H groups in total. The van der Waals surface area contributed by atoms with E-state index in [0.29, 0.717) is 0 Å². The van der Waals surface area contributed by atoms with Crippen LogP contribution in [0.1, 0.15) is 97.8 Å². The van der Waals surface area contributed by atoms with E-state index >= 15 is 0 Å². The van der Waals surface area contributed by atoms with E-state index in [0.717, 1.165) is 13.0 Å². The van der Waals surface area contributed by atoms with Crippen LogP contribution in [0.2, 0.25) is 0 Å². The standard InChI is InChI=1S/C16H34.CH4O/c1-4-7-10-13-16(14-11-8-5-2)15-12-9-6-3;1-2/h16H,4-15H2,1-3H3;2H,1H3. The Kier molecular flexibility index (Phi) is 21.7. The van der Waals surface area contributed by atoms with Crippen LogP contribution in [-0.4, -0.2) is 12.2 Å². The Hall–Kier alpha value is -0.0400. The Labute approximate surface area is 116 Å². The number of unbranched alkanes of at least 4 members (excludes halogenated alkanes) is 6. The zero-order valence-electron chi connectivity index (χ0n) is 13.5. The van der Waals surface area contributed by atoms with Crippen LogP contribution in [0.25, 0.3) is 0 Å². The Morgan fingerprint density at radius 3 is 1.06 bits per heavy atom. The summed E-state index contributed by atoms with van der Waals surface area (Å²) >= 11 is 0. The van der Waals surface area contributed by atoms with Crippen LogP contribution in [0.15, 0.2) is 0 Å². The molecule has 1 heteroatoms. The van der Waals surface area contributed by atoms with Crippen LogP contribution in [-0.2, 0) is 0 Å². The van der Waals surface area contributed by atoms with Gasteiger partial charge in [-0.2, -0.15) is 0 Å². The molecule has 0 aromatic heterocycles. The van der Waals surface area contributed by atoms with Gasteiger partial charge in [0.25, 0.3) is 0 Å². The molecule has 18 heavy (non-hydrogen) atoms. The molecule has 0 bridgehead atoms. The topological polar surface area (TPSA) is 20.2 Å². The molecule has 0 heterocycles. The third-order valence-corrected chi connectivity index (χ3v) is 3.65. The molecule has 0 aliphatic carbocycles. The van der Waals surface area contributed by atoms with Gasteiger partial charge in [-0.15, -0.1) is 0 Å². The summed E-state index contributed by atoms with van der Waals surface area (Å²) in [6.45, 7) is 6.93. The van der Waals surface area contributed by atoms with Crippen LogP contribution in [0, 0.1) is 5.92 Å². The average molecular weight is 258 g/mol. The molecule has 0 aromatic rings. The van der Waals surface area contributed by atoms with Crippen molar-refractivity contribution >= 4 is 0 Å². The molecule has 0 spiro atoms. The molecule has 0 saturated heterocycles. The van der Waals surface area contributed by atoms with Crippen LogP contribution >= 0.6 is 0 Å². The summed E-state index contributed by atoms with van der Waals surface area (Å²) in [7, 11) is 1.00. The second-order valence-electron chi connectivity index (χ2n) is 5.35. The molecule has 112 valence electrons. The lowest BCUT2D eigenvalue weighted by molar-refractivity contribution is 0.372. The zero-order chi connectivity index (χ0) is 14.1. The third kappa shape index (κ3) is 16.0. The third-order valence-electron chi connectivity index (χ3n) is 3.65. The van der Waals surface area contributed by atoms with Gasteiger partial charge in [-0.25, -0.2) is 0 Å². The number of rotatable bonds is 12. The first-order valence-corrected chi connectivity index (χ1v) is 8.29. The van der Waals surface area contributed by atoms with Crippen LogP contribution in [0.3, 0.4) is 0 Å². The highest BCUT2D eigenvalue weighted by molar-refractivity contribution is 4.60. The van der Waals surface area contributed by atoms with E-state index in [1.165, 1.54) is 77.0 Å². The van der Waals surface area contributed by atoms with Gasteiger partial charge in [-0.3, -0.25) is 0 Å². The first kappa shape index (κ1) is 20.3. The normalized spacial score (nSPS) is 10.3. The van der Waals surface area contributed by atoms with Gasteiger partial charge in [0.05, 0.1) is 0 Å². The van der Waals surface area contributed by atoms with E-state index < -0.39 is 0 Å². The van der Waals surface area contributed by atoms with E-state index in [4.69, 9.17) is 5.11 Å². The number of aliphatic hydroxyl groups is 1. The molecule has 0 rings (SSSR count). The molecule has 0 atom stereocenters. The molecular weight excluding hydrogens is 220 g/mol. The highest BCUT2D eigenvalue weighted by Gasteiger charge is 2.07. The SMILES string of the molecule is CCCCCC(CCCCC)CCCCC.CO. The van der Waals surface area contributed by atoms with Gasteiger partial charge >= 0.3 is 0 Å². The van der Waals surface area contributed by atoms with Crippen molar-refractivity contribution in [2.24, 2.45) is 5.92 Å². The molecule has 0 amide bonds. The van der Waals surface area contributed by atoms with Gasteiger partial charge < -0.3 is 5.11 Å². The molecular formula is C17H38O. The van der Waals surface area contributed by atoms with Crippen LogP contribution in [0.4, 0.5) is 0 Å². The smallest absolute Gasteiger partial charge is 0.0319 e. The Bertz CT molecular complexity index is 99.0. The zero-order valence-corrected chi connectivity index (χ0v) is 13.5. The highest BCUT2D eigenvalue weighted by Crippen LogP contribution is 2.23. The quantitative estimate of drug-likeness (QED) is 0.429. The van der Waals surface area contributed by atoms with Crippen molar-refractivity contribution in [3.05, 3.63) is 0 Å². The maximum absolute atomic E-state index is 7.00. The Morgan fingerprint density at radius 2 is 0.833 bits per heavy atom. The molecule has 0 radical (unpaired) electrons. The van der Waals surface area contributed by atoms with Gasteiger partial charge in [0.2, 0.25) is 0 Å². The van der Waals surface area contributed by atoms with Crippen molar-refractivity contribution in [1.82, 2.24) is 0 Å². The average Bonchev–Trinajstić information content (AvgIpc) is 2.41. The number of hydrogen-bond donors (Lipinski definition) is 1. The van der Waals surface area contributed by atoms with E-state index in [1.54, 1.807) is 0 Å². The van der Waals surface area contributed by atoms with Crippen LogP contribution < -0.4 is 0 Å². The fraction of sp³-hybridized carbons (Fsp3) is 1.00. The van der Waals surface area contributed by atoms with E-state index in [-0.39, 0.29) is 0 Å². The summed E-state index contributed by atoms with van der Waals surface area (Å²) in [5.74, 6) is 1.05. The number of hydrogen-bond acceptors (Lipinski definition) is 1. The fourth-order valence-corrected chi connectivity index (χ4v) is 2.48. The molecule has 0 fully saturated rings. The van der Waals surface area contributed by atoms with Crippen molar-refractivity contribution < 1.29 is 5.11 Å². The summed E-state index contributed by atoms with van der Waals surface area (Å²) in [4.78, 5) is 0. The van der Waals surface area contributed by atoms with Gasteiger partial charge in [0, 0.05) is 7.11 Å². The Balaban J connectivity index is 0. The van der Waals surface area contributed by atoms with Crippen LogP contribution in [0.5, 0.6) is 0 Å². The van der Waals surface area contributed by atoms with Crippen molar-refractivity contribution in [3.63, 3.8) is 0 Å². The molecule has 0 aliphatic heterocycles. The van der Waals surface area contributed by atoms with E-state index in [2.05, 4.69) is 20.8 Å². The summed E-state index contributed by atoms with van der Waals surface area (Å²) in [5.41, 5.74) is 0. The lowest BCUT2D eigenvalue weighted by atomic mass is 9.90. The first-order chi connectivity index (χ1) is 8.85. The lowest BCUT2D eigenvalue weighted by Crippen LogP contribution is -2.01. The Morgan fingerprint density at radius 1 is 0.556 bits per heavy atom. The van der Waals surface area contributed by atoms with Crippen molar-refractivity contribution in [3.8, 4) is 0 Å². The minimum Gasteiger partial charge on any atom is -0.400 e. The van der Waals surface area contributed by atoms with E-state index in [1.807, 2.05) is 0 Å². The van der Waals surface area contributed by atoms with Gasteiger partial charge in [-0.1, -0.05) is 97.8 Å². The van der Waals surface area contributed by atoms with Gasteiger partial charge in [-0.05, 0) is 5.92 Å². The second kappa shape index (κ2) is 19.3. The maximum atomic E-state index is 7.00.